The molecule has 1 amide bonds. The Kier molecular flexibility index (Phi) is 6.72. The SMILES string of the molecule is CSc1ccc(C(=O)N[C@@H](C[NH+]2CCOCC2)c2ccc(C)cc2)cc1. The number of rotatable bonds is 6. The molecule has 2 N–H and O–H groups in total. The molecular weight excluding hydrogens is 344 g/mol. The maximum Gasteiger partial charge on any atom is 0.251 e. The highest BCUT2D eigenvalue weighted by molar-refractivity contribution is 7.98. The van der Waals surface area contributed by atoms with E-state index in [0.29, 0.717) is 5.56 Å². The standard InChI is InChI=1S/C21H26N2O2S/c1-16-3-5-17(6-4-16)20(15-23-11-13-25-14-12-23)22-21(24)18-7-9-19(26-2)10-8-18/h3-10,20H,11-15H2,1-2H3,(H,22,24)/p+1/t20-/m0/s1. The average molecular weight is 372 g/mol. The molecule has 0 aliphatic carbocycles. The maximum absolute atomic E-state index is 12.8. The third-order valence-corrected chi connectivity index (χ3v) is 5.57. The van der Waals surface area contributed by atoms with Gasteiger partial charge in [-0.2, -0.15) is 0 Å². The molecule has 0 spiro atoms. The van der Waals surface area contributed by atoms with Crippen LogP contribution in [0.4, 0.5) is 0 Å². The lowest BCUT2D eigenvalue weighted by atomic mass is 10.0. The van der Waals surface area contributed by atoms with Crippen LogP contribution in [0.3, 0.4) is 0 Å². The van der Waals surface area contributed by atoms with E-state index in [1.54, 1.807) is 11.8 Å². The van der Waals surface area contributed by atoms with Crippen LogP contribution in [0.2, 0.25) is 0 Å². The molecule has 2 aromatic rings. The van der Waals surface area contributed by atoms with E-state index in [4.69, 9.17) is 4.74 Å². The van der Waals surface area contributed by atoms with Crippen molar-refractivity contribution >= 4 is 17.7 Å². The number of aryl methyl sites for hydroxylation is 1. The Hall–Kier alpha value is -1.82. The Bertz CT molecular complexity index is 710. The highest BCUT2D eigenvalue weighted by Gasteiger charge is 2.23. The highest BCUT2D eigenvalue weighted by atomic mass is 32.2. The molecule has 3 rings (SSSR count). The summed E-state index contributed by atoms with van der Waals surface area (Å²) < 4.78 is 5.46. The van der Waals surface area contributed by atoms with E-state index in [9.17, 15) is 4.79 Å². The zero-order chi connectivity index (χ0) is 18.4. The van der Waals surface area contributed by atoms with E-state index >= 15 is 0 Å². The maximum atomic E-state index is 12.8. The molecule has 2 aromatic carbocycles. The zero-order valence-electron chi connectivity index (χ0n) is 15.5. The van der Waals surface area contributed by atoms with E-state index in [0.717, 1.165) is 43.3 Å². The first-order valence-corrected chi connectivity index (χ1v) is 10.3. The van der Waals surface area contributed by atoms with Crippen LogP contribution in [0, 0.1) is 6.92 Å². The summed E-state index contributed by atoms with van der Waals surface area (Å²) in [6, 6.07) is 16.2. The molecule has 0 unspecified atom stereocenters. The van der Waals surface area contributed by atoms with Crippen molar-refractivity contribution in [2.24, 2.45) is 0 Å². The second-order valence-electron chi connectivity index (χ2n) is 6.73. The van der Waals surface area contributed by atoms with Gasteiger partial charge in [-0.05, 0) is 43.0 Å². The lowest BCUT2D eigenvalue weighted by Crippen LogP contribution is -3.14. The molecule has 26 heavy (non-hydrogen) atoms. The van der Waals surface area contributed by atoms with Gasteiger partial charge < -0.3 is 15.0 Å². The van der Waals surface area contributed by atoms with Crippen LogP contribution in [-0.2, 0) is 4.74 Å². The molecule has 1 saturated heterocycles. The fraction of sp³-hybridized carbons (Fsp3) is 0.381. The van der Waals surface area contributed by atoms with Gasteiger partial charge in [0.15, 0.2) is 0 Å². The number of carbonyl (C=O) groups excluding carboxylic acids is 1. The molecule has 138 valence electrons. The Morgan fingerprint density at radius 3 is 2.38 bits per heavy atom. The van der Waals surface area contributed by atoms with Gasteiger partial charge in [0, 0.05) is 10.5 Å². The molecule has 1 fully saturated rings. The summed E-state index contributed by atoms with van der Waals surface area (Å²) in [5.74, 6) is -0.0177. The number of hydrogen-bond acceptors (Lipinski definition) is 3. The molecule has 0 aromatic heterocycles. The van der Waals surface area contributed by atoms with E-state index < -0.39 is 0 Å². The molecule has 4 nitrogen and oxygen atoms in total. The van der Waals surface area contributed by atoms with Crippen LogP contribution in [0.15, 0.2) is 53.4 Å². The summed E-state index contributed by atoms with van der Waals surface area (Å²) in [4.78, 5) is 15.4. The van der Waals surface area contributed by atoms with E-state index in [-0.39, 0.29) is 11.9 Å². The number of thioether (sulfide) groups is 1. The van der Waals surface area contributed by atoms with E-state index in [1.807, 2.05) is 30.5 Å². The number of carbonyl (C=O) groups is 1. The number of benzene rings is 2. The van der Waals surface area contributed by atoms with Crippen LogP contribution in [0.5, 0.6) is 0 Å². The molecule has 5 heteroatoms. The molecule has 0 saturated carbocycles. The van der Waals surface area contributed by atoms with Crippen molar-refractivity contribution < 1.29 is 14.4 Å². The first-order chi connectivity index (χ1) is 12.7. The molecule has 0 radical (unpaired) electrons. The Morgan fingerprint density at radius 1 is 1.12 bits per heavy atom. The van der Waals surface area contributed by atoms with E-state index in [2.05, 4.69) is 36.5 Å². The number of nitrogens with one attached hydrogen (secondary N) is 2. The highest BCUT2D eigenvalue weighted by Crippen LogP contribution is 2.17. The minimum Gasteiger partial charge on any atom is -0.370 e. The second-order valence-corrected chi connectivity index (χ2v) is 7.61. The second kappa shape index (κ2) is 9.21. The van der Waals surface area contributed by atoms with Crippen molar-refractivity contribution in [1.82, 2.24) is 5.32 Å². The third kappa shape index (κ3) is 5.10. The van der Waals surface area contributed by atoms with Gasteiger partial charge in [-0.3, -0.25) is 4.79 Å². The largest absolute Gasteiger partial charge is 0.370 e. The number of hydrogen-bond donors (Lipinski definition) is 2. The van der Waals surface area contributed by atoms with Gasteiger partial charge in [-0.25, -0.2) is 0 Å². The topological polar surface area (TPSA) is 42.8 Å². The minimum atomic E-state index is -0.0177. The van der Waals surface area contributed by atoms with Crippen LogP contribution < -0.4 is 10.2 Å². The third-order valence-electron chi connectivity index (χ3n) is 4.83. The summed E-state index contributed by atoms with van der Waals surface area (Å²) in [5, 5.41) is 3.25. The summed E-state index contributed by atoms with van der Waals surface area (Å²) in [7, 11) is 0. The monoisotopic (exact) mass is 371 g/mol. The Labute approximate surface area is 159 Å². The van der Waals surface area contributed by atoms with Gasteiger partial charge in [0.25, 0.3) is 5.91 Å². The number of quaternary nitrogens is 1. The minimum absolute atomic E-state index is 0.00331. The van der Waals surface area contributed by atoms with Gasteiger partial charge in [0.2, 0.25) is 0 Å². The van der Waals surface area contributed by atoms with Crippen LogP contribution in [-0.4, -0.2) is 45.0 Å². The average Bonchev–Trinajstić information content (AvgIpc) is 2.69. The van der Waals surface area contributed by atoms with Gasteiger partial charge in [-0.1, -0.05) is 29.8 Å². The lowest BCUT2D eigenvalue weighted by molar-refractivity contribution is -0.909. The van der Waals surface area contributed by atoms with Crippen molar-refractivity contribution in [1.29, 1.82) is 0 Å². The van der Waals surface area contributed by atoms with Crippen LogP contribution in [0.1, 0.15) is 27.5 Å². The van der Waals surface area contributed by atoms with Gasteiger partial charge in [0.1, 0.15) is 25.7 Å². The number of amides is 1. The summed E-state index contributed by atoms with van der Waals surface area (Å²) in [5.41, 5.74) is 3.09. The fourth-order valence-electron chi connectivity index (χ4n) is 3.19. The predicted molar refractivity (Wildman–Crippen MR) is 106 cm³/mol. The van der Waals surface area contributed by atoms with Gasteiger partial charge in [-0.15, -0.1) is 11.8 Å². The van der Waals surface area contributed by atoms with Crippen molar-refractivity contribution in [3.63, 3.8) is 0 Å². The normalized spacial score (nSPS) is 16.2. The Morgan fingerprint density at radius 2 is 1.77 bits per heavy atom. The molecule has 0 bridgehead atoms. The van der Waals surface area contributed by atoms with E-state index in [1.165, 1.54) is 10.5 Å². The van der Waals surface area contributed by atoms with Crippen LogP contribution in [0.25, 0.3) is 0 Å². The Balaban J connectivity index is 1.74. The van der Waals surface area contributed by atoms with Gasteiger partial charge >= 0.3 is 0 Å². The van der Waals surface area contributed by atoms with Crippen molar-refractivity contribution in [3.05, 3.63) is 65.2 Å². The van der Waals surface area contributed by atoms with Crippen molar-refractivity contribution in [2.75, 3.05) is 39.1 Å². The summed E-state index contributed by atoms with van der Waals surface area (Å²) in [6.07, 6.45) is 2.04. The molecule has 1 aliphatic heterocycles. The van der Waals surface area contributed by atoms with Gasteiger partial charge in [0.05, 0.1) is 13.2 Å². The summed E-state index contributed by atoms with van der Waals surface area (Å²) >= 11 is 1.68. The molecule has 1 aliphatic rings. The number of morpholine rings is 1. The summed E-state index contributed by atoms with van der Waals surface area (Å²) in [6.45, 7) is 6.51. The fourth-order valence-corrected chi connectivity index (χ4v) is 3.60. The smallest absolute Gasteiger partial charge is 0.251 e. The quantitative estimate of drug-likeness (QED) is 0.765. The number of ether oxygens (including phenoxy) is 1. The predicted octanol–water partition coefficient (Wildman–Crippen LogP) is 2.10. The molecule has 1 heterocycles. The zero-order valence-corrected chi connectivity index (χ0v) is 16.3. The first kappa shape index (κ1) is 19.0. The molecular formula is C21H27N2O2S+. The molecule has 1 atom stereocenters. The lowest BCUT2D eigenvalue weighted by Gasteiger charge is -2.28. The van der Waals surface area contributed by atoms with Crippen LogP contribution >= 0.6 is 11.8 Å². The first-order valence-electron chi connectivity index (χ1n) is 9.08. The van der Waals surface area contributed by atoms with Crippen molar-refractivity contribution in [2.45, 2.75) is 17.9 Å². The van der Waals surface area contributed by atoms with Crippen molar-refractivity contribution in [3.8, 4) is 0 Å².